The molecule has 2 rings (SSSR count). The average Bonchev–Trinajstić information content (AvgIpc) is 2.86. The molecular weight excluding hydrogens is 258 g/mol. The highest BCUT2D eigenvalue weighted by Gasteiger charge is 2.17. The first kappa shape index (κ1) is 12.8. The highest BCUT2D eigenvalue weighted by Crippen LogP contribution is 2.21. The van der Waals surface area contributed by atoms with E-state index in [1.54, 1.807) is 10.3 Å². The van der Waals surface area contributed by atoms with Crippen molar-refractivity contribution in [3.8, 4) is 5.75 Å². The van der Waals surface area contributed by atoms with E-state index in [-0.39, 0.29) is 17.4 Å². The van der Waals surface area contributed by atoms with Crippen molar-refractivity contribution in [3.63, 3.8) is 0 Å². The number of carbonyl (C=O) groups excluding carboxylic acids is 1. The van der Waals surface area contributed by atoms with Crippen molar-refractivity contribution in [2.75, 3.05) is 32.9 Å². The molecule has 0 spiro atoms. The van der Waals surface area contributed by atoms with Gasteiger partial charge in [0.25, 0.3) is 5.91 Å². The largest absolute Gasteiger partial charge is 0.483 e. The smallest absolute Gasteiger partial charge is 0.346 e. The molecule has 0 atom stereocenters. The van der Waals surface area contributed by atoms with Crippen molar-refractivity contribution in [1.82, 2.24) is 4.90 Å². The number of thiophene rings is 1. The zero-order chi connectivity index (χ0) is 13.0. The van der Waals surface area contributed by atoms with Crippen LogP contribution < -0.4 is 4.74 Å². The number of amides is 1. The monoisotopic (exact) mass is 271 g/mol. The molecule has 1 aromatic heterocycles. The summed E-state index contributed by atoms with van der Waals surface area (Å²) < 4.78 is 10.4. The Hall–Kier alpha value is -1.60. The molecule has 1 aromatic rings. The Balaban J connectivity index is 1.82. The fourth-order valence-corrected chi connectivity index (χ4v) is 2.22. The maximum absolute atomic E-state index is 11.7. The molecule has 0 aromatic carbocycles. The average molecular weight is 271 g/mol. The van der Waals surface area contributed by atoms with Crippen molar-refractivity contribution in [2.45, 2.75) is 0 Å². The number of ether oxygens (including phenoxy) is 2. The Morgan fingerprint density at radius 2 is 2.17 bits per heavy atom. The number of aromatic carboxylic acids is 1. The van der Waals surface area contributed by atoms with Crippen LogP contribution in [0.4, 0.5) is 0 Å². The molecule has 98 valence electrons. The summed E-state index contributed by atoms with van der Waals surface area (Å²) in [6.45, 7) is 2.18. The Bertz CT molecular complexity index is 438. The molecule has 18 heavy (non-hydrogen) atoms. The first-order valence-electron chi connectivity index (χ1n) is 5.47. The molecule has 0 saturated carbocycles. The molecule has 0 aliphatic carbocycles. The van der Waals surface area contributed by atoms with Crippen molar-refractivity contribution in [2.24, 2.45) is 0 Å². The molecule has 1 saturated heterocycles. The Morgan fingerprint density at radius 1 is 1.44 bits per heavy atom. The standard InChI is InChI=1S/C11H13NO5S/c13-10(12-1-3-16-4-2-12)6-17-8-5-9(11(14)15)18-7-8/h5,7H,1-4,6H2,(H,14,15). The topological polar surface area (TPSA) is 76.1 Å². The van der Waals surface area contributed by atoms with Gasteiger partial charge in [-0.05, 0) is 0 Å². The minimum atomic E-state index is -0.991. The third-order valence-corrected chi connectivity index (χ3v) is 3.41. The van der Waals surface area contributed by atoms with Crippen molar-refractivity contribution in [3.05, 3.63) is 16.3 Å². The maximum atomic E-state index is 11.7. The second kappa shape index (κ2) is 5.83. The van der Waals surface area contributed by atoms with Gasteiger partial charge in [0.2, 0.25) is 0 Å². The predicted octanol–water partition coefficient (Wildman–Crippen LogP) is 0.684. The number of carboxylic acids is 1. The molecule has 1 fully saturated rings. The van der Waals surface area contributed by atoms with Crippen LogP contribution >= 0.6 is 11.3 Å². The van der Waals surface area contributed by atoms with Gasteiger partial charge in [-0.2, -0.15) is 0 Å². The zero-order valence-corrected chi connectivity index (χ0v) is 10.4. The quantitative estimate of drug-likeness (QED) is 0.871. The normalized spacial score (nSPS) is 15.4. The van der Waals surface area contributed by atoms with Crippen LogP contribution in [0.2, 0.25) is 0 Å². The highest BCUT2D eigenvalue weighted by atomic mass is 32.1. The first-order valence-corrected chi connectivity index (χ1v) is 6.35. The summed E-state index contributed by atoms with van der Waals surface area (Å²) in [5.74, 6) is -0.685. The van der Waals surface area contributed by atoms with Gasteiger partial charge in [0.05, 0.1) is 13.2 Å². The van der Waals surface area contributed by atoms with E-state index in [9.17, 15) is 9.59 Å². The van der Waals surface area contributed by atoms with E-state index in [0.717, 1.165) is 11.3 Å². The molecule has 1 aliphatic heterocycles. The van der Waals surface area contributed by atoms with Crippen LogP contribution in [0.3, 0.4) is 0 Å². The summed E-state index contributed by atoms with van der Waals surface area (Å²) in [7, 11) is 0. The number of carbonyl (C=O) groups is 2. The van der Waals surface area contributed by atoms with Crippen LogP contribution in [0.1, 0.15) is 9.67 Å². The van der Waals surface area contributed by atoms with Gasteiger partial charge < -0.3 is 19.5 Å². The predicted molar refractivity (Wildman–Crippen MR) is 64.2 cm³/mol. The summed E-state index contributed by atoms with van der Waals surface area (Å²) in [5, 5.41) is 10.3. The SMILES string of the molecule is O=C(O)c1cc(OCC(=O)N2CCOCC2)cs1. The van der Waals surface area contributed by atoms with Crippen LogP contribution in [0.5, 0.6) is 5.75 Å². The molecule has 6 nitrogen and oxygen atoms in total. The highest BCUT2D eigenvalue weighted by molar-refractivity contribution is 7.12. The molecule has 0 bridgehead atoms. The minimum Gasteiger partial charge on any atom is -0.483 e. The van der Waals surface area contributed by atoms with Crippen LogP contribution in [0.25, 0.3) is 0 Å². The molecule has 1 aliphatic rings. The summed E-state index contributed by atoms with van der Waals surface area (Å²) >= 11 is 1.08. The van der Waals surface area contributed by atoms with Gasteiger partial charge in [-0.25, -0.2) is 4.79 Å². The zero-order valence-electron chi connectivity index (χ0n) is 9.63. The summed E-state index contributed by atoms with van der Waals surface area (Å²) in [4.78, 5) is 24.3. The lowest BCUT2D eigenvalue weighted by Crippen LogP contribution is -2.42. The molecule has 0 unspecified atom stereocenters. The van der Waals surface area contributed by atoms with E-state index in [1.165, 1.54) is 6.07 Å². The minimum absolute atomic E-state index is 0.0736. The van der Waals surface area contributed by atoms with E-state index in [1.807, 2.05) is 0 Å². The van der Waals surface area contributed by atoms with E-state index in [4.69, 9.17) is 14.6 Å². The first-order chi connectivity index (χ1) is 8.66. The molecule has 2 heterocycles. The van der Waals surface area contributed by atoms with Crippen molar-refractivity contribution < 1.29 is 24.2 Å². The van der Waals surface area contributed by atoms with Crippen LogP contribution in [0, 0.1) is 0 Å². The fourth-order valence-electron chi connectivity index (χ4n) is 1.56. The van der Waals surface area contributed by atoms with Gasteiger partial charge >= 0.3 is 5.97 Å². The maximum Gasteiger partial charge on any atom is 0.346 e. The van der Waals surface area contributed by atoms with E-state index in [2.05, 4.69) is 0 Å². The summed E-state index contributed by atoms with van der Waals surface area (Å²) in [5.41, 5.74) is 0. The lowest BCUT2D eigenvalue weighted by molar-refractivity contribution is -0.137. The molecular formula is C11H13NO5S. The molecule has 1 amide bonds. The van der Waals surface area contributed by atoms with Crippen LogP contribution in [-0.2, 0) is 9.53 Å². The second-order valence-electron chi connectivity index (χ2n) is 3.73. The fraction of sp³-hybridized carbons (Fsp3) is 0.455. The van der Waals surface area contributed by atoms with Gasteiger partial charge in [0, 0.05) is 24.5 Å². The molecule has 0 radical (unpaired) electrons. The van der Waals surface area contributed by atoms with Crippen LogP contribution in [0.15, 0.2) is 11.4 Å². The Morgan fingerprint density at radius 3 is 2.78 bits per heavy atom. The van der Waals surface area contributed by atoms with Crippen molar-refractivity contribution >= 4 is 23.2 Å². The van der Waals surface area contributed by atoms with Gasteiger partial charge in [-0.3, -0.25) is 4.79 Å². The summed E-state index contributed by atoms with van der Waals surface area (Å²) in [6.07, 6.45) is 0. The third kappa shape index (κ3) is 3.21. The lowest BCUT2D eigenvalue weighted by atomic mass is 10.4. The summed E-state index contributed by atoms with van der Waals surface area (Å²) in [6, 6.07) is 1.42. The van der Waals surface area contributed by atoms with Crippen molar-refractivity contribution in [1.29, 1.82) is 0 Å². The Labute approximate surface area is 108 Å². The number of hydrogen-bond acceptors (Lipinski definition) is 5. The van der Waals surface area contributed by atoms with Gasteiger partial charge in [-0.15, -0.1) is 11.3 Å². The van der Waals surface area contributed by atoms with Gasteiger partial charge in [-0.1, -0.05) is 0 Å². The van der Waals surface area contributed by atoms with Gasteiger partial charge in [0.1, 0.15) is 10.6 Å². The second-order valence-corrected chi connectivity index (χ2v) is 4.64. The third-order valence-electron chi connectivity index (χ3n) is 2.51. The number of rotatable bonds is 4. The molecule has 7 heteroatoms. The van der Waals surface area contributed by atoms with Crippen LogP contribution in [-0.4, -0.2) is 54.8 Å². The van der Waals surface area contributed by atoms with E-state index in [0.29, 0.717) is 32.1 Å². The number of hydrogen-bond donors (Lipinski definition) is 1. The van der Waals surface area contributed by atoms with E-state index >= 15 is 0 Å². The number of carboxylic acid groups (broad SMARTS) is 1. The number of morpholine rings is 1. The Kier molecular flexibility index (Phi) is 4.16. The van der Waals surface area contributed by atoms with E-state index < -0.39 is 5.97 Å². The lowest BCUT2D eigenvalue weighted by Gasteiger charge is -2.26. The molecule has 1 N–H and O–H groups in total. The van der Waals surface area contributed by atoms with Gasteiger partial charge in [0.15, 0.2) is 6.61 Å². The number of nitrogens with zero attached hydrogens (tertiary/aromatic N) is 1.